The van der Waals surface area contributed by atoms with E-state index in [-0.39, 0.29) is 11.6 Å². The Morgan fingerprint density at radius 1 is 1.02 bits per heavy atom. The van der Waals surface area contributed by atoms with Crippen LogP contribution in [-0.4, -0.2) is 94.6 Å². The number of benzene rings is 1. The van der Waals surface area contributed by atoms with E-state index in [1.807, 2.05) is 44.2 Å². The summed E-state index contributed by atoms with van der Waals surface area (Å²) in [5, 5.41) is 15.8. The van der Waals surface area contributed by atoms with Gasteiger partial charge < -0.3 is 25.0 Å². The van der Waals surface area contributed by atoms with Crippen molar-refractivity contribution >= 4 is 42.6 Å². The predicted molar refractivity (Wildman–Crippen MR) is 155 cm³/mol. The van der Waals surface area contributed by atoms with Gasteiger partial charge in [0.05, 0.1) is 17.7 Å². The Morgan fingerprint density at radius 3 is 2.24 bits per heavy atom. The normalized spacial score (nSPS) is 21.6. The van der Waals surface area contributed by atoms with Gasteiger partial charge >= 0.3 is 19.1 Å². The summed E-state index contributed by atoms with van der Waals surface area (Å²) in [5.41, 5.74) is 1.47. The summed E-state index contributed by atoms with van der Waals surface area (Å²) >= 11 is 1.48. The van der Waals surface area contributed by atoms with E-state index in [4.69, 9.17) is 9.31 Å². The topological polar surface area (TPSA) is 147 Å². The number of amides is 2. The smallest absolute Gasteiger partial charge is 0.497 e. The van der Waals surface area contributed by atoms with Crippen molar-refractivity contribution in [3.8, 4) is 11.3 Å². The zero-order valence-corrected chi connectivity index (χ0v) is 24.3. The molecule has 0 radical (unpaired) electrons. The average Bonchev–Trinajstić information content (AvgIpc) is 2.94. The van der Waals surface area contributed by atoms with Crippen LogP contribution in [0.4, 0.5) is 0 Å². The number of fused-ring (bicyclic) bond motifs is 2. The Balaban J connectivity index is 1.51. The van der Waals surface area contributed by atoms with Crippen molar-refractivity contribution in [3.63, 3.8) is 0 Å². The van der Waals surface area contributed by atoms with Crippen molar-refractivity contribution in [2.24, 2.45) is 5.92 Å². The van der Waals surface area contributed by atoms with Crippen molar-refractivity contribution in [3.05, 3.63) is 54.2 Å². The van der Waals surface area contributed by atoms with E-state index >= 15 is 0 Å². The Labute approximate surface area is 243 Å². The lowest BCUT2D eigenvalue weighted by Crippen LogP contribution is -2.63. The van der Waals surface area contributed by atoms with Crippen LogP contribution in [0.5, 0.6) is 0 Å². The third kappa shape index (κ3) is 7.46. The van der Waals surface area contributed by atoms with Gasteiger partial charge in [0.25, 0.3) is 5.91 Å². The van der Waals surface area contributed by atoms with E-state index in [9.17, 15) is 24.3 Å². The third-order valence-corrected chi connectivity index (χ3v) is 8.13. The van der Waals surface area contributed by atoms with Gasteiger partial charge in [-0.1, -0.05) is 50.2 Å². The van der Waals surface area contributed by atoms with Crippen LogP contribution in [0.15, 0.2) is 48.5 Å². The van der Waals surface area contributed by atoms with Gasteiger partial charge in [-0.15, -0.1) is 0 Å². The minimum Gasteiger partial charge on any atom is -0.497 e. The number of nitrogens with zero attached hydrogens (tertiary/aromatic N) is 2. The molecule has 2 saturated heterocycles. The van der Waals surface area contributed by atoms with E-state index in [2.05, 4.69) is 15.6 Å². The second-order valence-electron chi connectivity index (χ2n) is 10.7. The average molecular weight is 582 g/mol. The fourth-order valence-corrected chi connectivity index (χ4v) is 6.08. The first kappa shape index (κ1) is 30.5. The Kier molecular flexibility index (Phi) is 10.1. The summed E-state index contributed by atoms with van der Waals surface area (Å²) in [6.45, 7) is 5.19. The number of nitrogens with one attached hydrogen (secondary N) is 2. The molecule has 5 atom stereocenters. The van der Waals surface area contributed by atoms with E-state index in [1.54, 1.807) is 24.1 Å². The predicted octanol–water partition coefficient (Wildman–Crippen LogP) is 1.30. The number of aromatic nitrogens is 1. The number of thioether (sulfide) groups is 1. The molecule has 2 aliphatic heterocycles. The van der Waals surface area contributed by atoms with Gasteiger partial charge in [-0.2, -0.15) is 11.8 Å². The number of hydrogen-bond acceptors (Lipinski definition) is 10. The molecule has 0 aliphatic carbocycles. The van der Waals surface area contributed by atoms with Gasteiger partial charge in [0.1, 0.15) is 23.8 Å². The summed E-state index contributed by atoms with van der Waals surface area (Å²) in [4.78, 5) is 58.6. The number of aliphatic hydroxyl groups is 1. The molecule has 2 aliphatic rings. The highest BCUT2D eigenvalue weighted by Gasteiger charge is 2.48. The second-order valence-corrected chi connectivity index (χ2v) is 11.8. The first-order chi connectivity index (χ1) is 19.5. The minimum atomic E-state index is -1.36. The third-order valence-electron chi connectivity index (χ3n) is 7.03. The molecular weight excluding hydrogens is 547 g/mol. The van der Waals surface area contributed by atoms with Gasteiger partial charge in [0, 0.05) is 17.1 Å². The summed E-state index contributed by atoms with van der Waals surface area (Å²) in [5.74, 6) is -2.41. The number of pyridine rings is 1. The van der Waals surface area contributed by atoms with Crippen LogP contribution in [0.2, 0.25) is 0 Å². The molecule has 4 rings (SSSR count). The molecule has 0 spiro atoms. The highest BCUT2D eigenvalue weighted by atomic mass is 32.2. The quantitative estimate of drug-likeness (QED) is 0.370. The summed E-state index contributed by atoms with van der Waals surface area (Å²) < 4.78 is 11.2. The molecule has 0 unspecified atom stereocenters. The zero-order chi connectivity index (χ0) is 29.7. The lowest BCUT2D eigenvalue weighted by atomic mass is 9.73. The SMILES string of the molecule is CC(C)C[C@H](NC(=O)[C@@H](NC(=O)c1cccc(-c2ccccc2)n1)[C@@H](C)O)B1OC(=O)[C@H]2CSC[C@@H](C(=O)O1)N2C. The monoisotopic (exact) mass is 582 g/mol. The van der Waals surface area contributed by atoms with Gasteiger partial charge in [-0.3, -0.25) is 24.1 Å². The fraction of sp³-hybridized carbons (Fsp3) is 0.464. The van der Waals surface area contributed by atoms with Crippen LogP contribution in [-0.2, 0) is 23.7 Å². The van der Waals surface area contributed by atoms with Crippen LogP contribution >= 0.6 is 11.8 Å². The number of hydrogen-bond donors (Lipinski definition) is 3. The van der Waals surface area contributed by atoms with Crippen LogP contribution < -0.4 is 10.6 Å². The number of aliphatic hydroxyl groups excluding tert-OH is 1. The molecule has 2 amide bonds. The van der Waals surface area contributed by atoms with Gasteiger partial charge in [-0.05, 0) is 38.4 Å². The molecule has 2 aromatic rings. The maximum absolute atomic E-state index is 13.4. The van der Waals surface area contributed by atoms with E-state index in [0.29, 0.717) is 23.6 Å². The van der Waals surface area contributed by atoms with Crippen molar-refractivity contribution in [2.75, 3.05) is 18.6 Å². The van der Waals surface area contributed by atoms with E-state index in [0.717, 1.165) is 5.56 Å². The molecule has 1 aromatic carbocycles. The highest BCUT2D eigenvalue weighted by molar-refractivity contribution is 7.99. The zero-order valence-electron chi connectivity index (χ0n) is 23.5. The highest BCUT2D eigenvalue weighted by Crippen LogP contribution is 2.26. The number of likely N-dealkylation sites (N-methyl/N-ethyl adjacent to an activating group) is 1. The molecule has 2 fully saturated rings. The standard InChI is InChI=1S/C28H35BN4O7S/c1-16(2)13-23(29-39-27(37)21-14-41-15-22(33(21)4)28(38)40-29)31-26(36)24(17(3)34)32-25(35)20-12-8-11-19(30-20)18-9-6-5-7-10-18/h5-12,16-17,21-24,34H,13-15H2,1-4H3,(H,31,36)(H,32,35)/t17-,21-,22+,23+,24+/m1/s1. The number of carbonyl (C=O) groups excluding carboxylic acids is 4. The van der Waals surface area contributed by atoms with E-state index < -0.39 is 61.0 Å². The molecule has 13 heteroatoms. The maximum atomic E-state index is 13.4. The first-order valence-electron chi connectivity index (χ1n) is 13.6. The van der Waals surface area contributed by atoms with Crippen LogP contribution in [0.25, 0.3) is 11.3 Å². The summed E-state index contributed by atoms with van der Waals surface area (Å²) in [7, 11) is 0.323. The molecule has 1 aromatic heterocycles. The van der Waals surface area contributed by atoms with Gasteiger partial charge in [-0.25, -0.2) is 4.98 Å². The molecule has 0 saturated carbocycles. The Hall–Kier alpha value is -3.42. The maximum Gasteiger partial charge on any atom is 0.622 e. The largest absolute Gasteiger partial charge is 0.622 e. The van der Waals surface area contributed by atoms with Crippen molar-refractivity contribution in [2.45, 2.75) is 57.4 Å². The summed E-state index contributed by atoms with van der Waals surface area (Å²) in [6.07, 6.45) is -0.971. The fourth-order valence-electron chi connectivity index (χ4n) is 4.76. The lowest BCUT2D eigenvalue weighted by Gasteiger charge is -2.40. The Bertz CT molecular complexity index is 1240. The molecule has 218 valence electrons. The van der Waals surface area contributed by atoms with Gasteiger partial charge in [0.15, 0.2) is 0 Å². The van der Waals surface area contributed by atoms with E-state index in [1.165, 1.54) is 24.8 Å². The second kappa shape index (κ2) is 13.5. The molecule has 3 N–H and O–H groups in total. The van der Waals surface area contributed by atoms with Crippen LogP contribution in [0, 0.1) is 5.92 Å². The minimum absolute atomic E-state index is 0.0189. The number of carbonyl (C=O) groups is 4. The molecule has 3 heterocycles. The molecule has 2 bridgehead atoms. The molecular formula is C28H35BN4O7S. The van der Waals surface area contributed by atoms with Crippen molar-refractivity contribution in [1.82, 2.24) is 20.5 Å². The van der Waals surface area contributed by atoms with Crippen molar-refractivity contribution < 1.29 is 33.6 Å². The van der Waals surface area contributed by atoms with Gasteiger partial charge in [0.2, 0.25) is 5.91 Å². The Morgan fingerprint density at radius 2 is 1.66 bits per heavy atom. The number of rotatable bonds is 9. The van der Waals surface area contributed by atoms with Crippen molar-refractivity contribution in [1.29, 1.82) is 0 Å². The molecule has 41 heavy (non-hydrogen) atoms. The first-order valence-corrected chi connectivity index (χ1v) is 14.7. The lowest BCUT2D eigenvalue weighted by molar-refractivity contribution is -0.153. The molecule has 11 nitrogen and oxygen atoms in total. The van der Waals surface area contributed by atoms with Crippen LogP contribution in [0.1, 0.15) is 37.7 Å². The van der Waals surface area contributed by atoms with Crippen LogP contribution in [0.3, 0.4) is 0 Å². The summed E-state index contributed by atoms with van der Waals surface area (Å²) in [6, 6.07) is 11.7.